The van der Waals surface area contributed by atoms with Gasteiger partial charge in [-0.15, -0.1) is 0 Å². The number of phenolic OH excluding ortho intramolecular Hbond substituents is 1. The van der Waals surface area contributed by atoms with Crippen LogP contribution in [0.1, 0.15) is 96.3 Å². The number of anilines is 2. The molecule has 0 radical (unpaired) electrons. The molecule has 290 valence electrons. The predicted molar refractivity (Wildman–Crippen MR) is 206 cm³/mol. The van der Waals surface area contributed by atoms with E-state index in [0.29, 0.717) is 35.9 Å². The summed E-state index contributed by atoms with van der Waals surface area (Å²) in [6.45, 7) is 7.27. The van der Waals surface area contributed by atoms with E-state index in [4.69, 9.17) is 0 Å². The number of alkyl halides is 2. The summed E-state index contributed by atoms with van der Waals surface area (Å²) >= 11 is 0. The minimum absolute atomic E-state index is 0.0136. The largest absolute Gasteiger partial charge is 0.508 e. The number of rotatable bonds is 7. The molecule has 3 amide bonds. The molecule has 4 fully saturated rings. The first-order valence-electron chi connectivity index (χ1n) is 20.4. The van der Waals surface area contributed by atoms with Gasteiger partial charge in [0.15, 0.2) is 0 Å². The fraction of sp³-hybridized carbons (Fsp3) is 0.523. The van der Waals surface area contributed by atoms with Crippen LogP contribution in [0.3, 0.4) is 0 Å². The van der Waals surface area contributed by atoms with Crippen molar-refractivity contribution in [2.75, 3.05) is 55.6 Å². The number of nitrogens with one attached hydrogen (secondary N) is 1. The third kappa shape index (κ3) is 6.98. The molecule has 55 heavy (non-hydrogen) atoms. The standard InChI is InChI=1S/C44H51F2N5O4/c45-44(46)25-37(29-3-1-2-4-29)41(36-12-10-34(52)24-38(36)44)30-5-7-32(8-6-30)49-17-15-28(16-18-49)26-48-19-21-50(22-20-48)33-9-11-35-31(23-33)27-51(43(35)55)39-13-14-40(53)47-42(39)54/h5-12,23-24,28-29,37,39,41,52H,1-4,13-22,25-27H2,(H,47,53,54)/t37-,39+,41-/m1/s1. The number of halogens is 2. The molecule has 6 aliphatic rings. The van der Waals surface area contributed by atoms with Crippen molar-refractivity contribution in [3.63, 3.8) is 0 Å². The van der Waals surface area contributed by atoms with Gasteiger partial charge in [0.25, 0.3) is 11.8 Å². The van der Waals surface area contributed by atoms with Crippen molar-refractivity contribution in [3.8, 4) is 5.75 Å². The maximum atomic E-state index is 15.5. The Labute approximate surface area is 321 Å². The van der Waals surface area contributed by atoms with Crippen LogP contribution < -0.4 is 15.1 Å². The number of carbonyl (C=O) groups is 3. The number of benzene rings is 3. The van der Waals surface area contributed by atoms with Crippen molar-refractivity contribution in [1.29, 1.82) is 0 Å². The number of piperidine rings is 2. The number of piperazine rings is 1. The third-order valence-electron chi connectivity index (χ3n) is 13.7. The number of hydrogen-bond donors (Lipinski definition) is 2. The van der Waals surface area contributed by atoms with Crippen molar-refractivity contribution in [2.24, 2.45) is 17.8 Å². The molecule has 0 aromatic heterocycles. The second-order valence-corrected chi connectivity index (χ2v) is 16.9. The van der Waals surface area contributed by atoms with Crippen LogP contribution in [-0.4, -0.2) is 84.5 Å². The Morgan fingerprint density at radius 3 is 2.22 bits per heavy atom. The summed E-state index contributed by atoms with van der Waals surface area (Å²) in [4.78, 5) is 46.3. The summed E-state index contributed by atoms with van der Waals surface area (Å²) in [5, 5.41) is 12.5. The van der Waals surface area contributed by atoms with Gasteiger partial charge in [-0.2, -0.15) is 0 Å². The molecule has 3 aromatic rings. The number of phenols is 1. The monoisotopic (exact) mass is 751 g/mol. The normalized spacial score (nSPS) is 26.3. The van der Waals surface area contributed by atoms with E-state index in [1.165, 1.54) is 11.8 Å². The maximum Gasteiger partial charge on any atom is 0.274 e. The van der Waals surface area contributed by atoms with Crippen LogP contribution in [0.25, 0.3) is 0 Å². The van der Waals surface area contributed by atoms with E-state index in [2.05, 4.69) is 50.3 Å². The lowest BCUT2D eigenvalue weighted by Crippen LogP contribution is -2.52. The van der Waals surface area contributed by atoms with Crippen molar-refractivity contribution < 1.29 is 28.3 Å². The van der Waals surface area contributed by atoms with Gasteiger partial charge < -0.3 is 19.8 Å². The number of fused-ring (bicyclic) bond motifs is 2. The van der Waals surface area contributed by atoms with Crippen LogP contribution >= 0.6 is 0 Å². The van der Waals surface area contributed by atoms with Crippen molar-refractivity contribution in [3.05, 3.63) is 88.5 Å². The Hall–Kier alpha value is -4.51. The zero-order valence-electron chi connectivity index (χ0n) is 31.4. The first-order chi connectivity index (χ1) is 26.6. The van der Waals surface area contributed by atoms with Gasteiger partial charge in [0.05, 0.1) is 0 Å². The molecule has 0 bridgehead atoms. The highest BCUT2D eigenvalue weighted by atomic mass is 19.3. The first kappa shape index (κ1) is 36.1. The summed E-state index contributed by atoms with van der Waals surface area (Å²) < 4.78 is 31.0. The van der Waals surface area contributed by atoms with Crippen LogP contribution in [-0.2, 0) is 22.1 Å². The second kappa shape index (κ2) is 14.5. The molecule has 3 aromatic carbocycles. The summed E-state index contributed by atoms with van der Waals surface area (Å²) in [5.74, 6) is -3.13. The molecule has 2 N–H and O–H groups in total. The molecule has 9 nitrogen and oxygen atoms in total. The maximum absolute atomic E-state index is 15.5. The van der Waals surface area contributed by atoms with E-state index in [-0.39, 0.29) is 53.7 Å². The fourth-order valence-electron chi connectivity index (χ4n) is 10.7. The van der Waals surface area contributed by atoms with Crippen LogP contribution in [0.2, 0.25) is 0 Å². The number of aromatic hydroxyl groups is 1. The Morgan fingerprint density at radius 2 is 1.49 bits per heavy atom. The minimum atomic E-state index is -2.94. The minimum Gasteiger partial charge on any atom is -0.508 e. The first-order valence-corrected chi connectivity index (χ1v) is 20.4. The highest BCUT2D eigenvalue weighted by Gasteiger charge is 2.49. The Morgan fingerprint density at radius 1 is 0.782 bits per heavy atom. The van der Waals surface area contributed by atoms with Crippen LogP contribution in [0.5, 0.6) is 5.75 Å². The number of amides is 3. The van der Waals surface area contributed by atoms with E-state index in [9.17, 15) is 19.5 Å². The van der Waals surface area contributed by atoms with Gasteiger partial charge in [-0.1, -0.05) is 43.9 Å². The molecule has 1 saturated carbocycles. The number of nitrogens with zero attached hydrogens (tertiary/aromatic N) is 4. The lowest BCUT2D eigenvalue weighted by molar-refractivity contribution is -0.136. The van der Waals surface area contributed by atoms with Crippen molar-refractivity contribution >= 4 is 29.1 Å². The van der Waals surface area contributed by atoms with Gasteiger partial charge in [-0.25, -0.2) is 8.78 Å². The number of carbonyl (C=O) groups excluding carboxylic acids is 3. The van der Waals surface area contributed by atoms with Gasteiger partial charge in [0.1, 0.15) is 11.8 Å². The van der Waals surface area contributed by atoms with E-state index >= 15 is 8.78 Å². The van der Waals surface area contributed by atoms with Crippen molar-refractivity contribution in [2.45, 2.75) is 82.2 Å². The molecule has 0 unspecified atom stereocenters. The highest BCUT2D eigenvalue weighted by molar-refractivity contribution is 6.05. The average molecular weight is 752 g/mol. The quantitative estimate of drug-likeness (QED) is 0.262. The molecule has 3 saturated heterocycles. The third-order valence-corrected chi connectivity index (χ3v) is 13.7. The van der Waals surface area contributed by atoms with E-state index in [1.807, 2.05) is 12.1 Å². The Balaban J connectivity index is 0.783. The zero-order valence-corrected chi connectivity index (χ0v) is 31.4. The molecule has 11 heteroatoms. The van der Waals surface area contributed by atoms with Gasteiger partial charge in [0, 0.05) is 93.6 Å². The van der Waals surface area contributed by atoms with Gasteiger partial charge in [0.2, 0.25) is 11.8 Å². The van der Waals surface area contributed by atoms with Crippen LogP contribution in [0, 0.1) is 17.8 Å². The topological polar surface area (TPSA) is 96.4 Å². The van der Waals surface area contributed by atoms with Crippen LogP contribution in [0.4, 0.5) is 20.2 Å². The zero-order chi connectivity index (χ0) is 37.8. The van der Waals surface area contributed by atoms with E-state index in [1.54, 1.807) is 17.0 Å². The summed E-state index contributed by atoms with van der Waals surface area (Å²) in [5.41, 5.74) is 5.63. The average Bonchev–Trinajstić information content (AvgIpc) is 3.84. The predicted octanol–water partition coefficient (Wildman–Crippen LogP) is 6.63. The SMILES string of the molecule is O=C1CC[C@H](N2Cc3cc(N4CCN(CC5CCN(c6ccc([C@@H]7c8ccc(O)cc8C(F)(F)C[C@@H]7C7CCCC7)cc6)CC5)CC4)ccc3C2=O)C(=O)N1. The molecule has 0 spiro atoms. The van der Waals surface area contributed by atoms with E-state index < -0.39 is 12.0 Å². The molecule has 3 atom stereocenters. The lowest BCUT2D eigenvalue weighted by atomic mass is 9.65. The lowest BCUT2D eigenvalue weighted by Gasteiger charge is -2.41. The fourth-order valence-corrected chi connectivity index (χ4v) is 10.7. The number of imide groups is 1. The summed E-state index contributed by atoms with van der Waals surface area (Å²) in [6.07, 6.45) is 6.96. The van der Waals surface area contributed by atoms with Crippen molar-refractivity contribution in [1.82, 2.24) is 15.1 Å². The van der Waals surface area contributed by atoms with E-state index in [0.717, 1.165) is 101 Å². The Kier molecular flexibility index (Phi) is 9.55. The van der Waals surface area contributed by atoms with Gasteiger partial charge >= 0.3 is 0 Å². The molecule has 9 rings (SSSR count). The molecule has 4 aliphatic heterocycles. The molecule has 4 heterocycles. The summed E-state index contributed by atoms with van der Waals surface area (Å²) in [6, 6.07) is 18.7. The molecular formula is C44H51F2N5O4. The second-order valence-electron chi connectivity index (χ2n) is 16.9. The Bertz CT molecular complexity index is 1950. The molecule has 2 aliphatic carbocycles. The highest BCUT2D eigenvalue weighted by Crippen LogP contribution is 2.55. The molecular weight excluding hydrogens is 701 g/mol. The number of hydrogen-bond acceptors (Lipinski definition) is 7. The van der Waals surface area contributed by atoms with Gasteiger partial charge in [-0.3, -0.25) is 24.6 Å². The van der Waals surface area contributed by atoms with Crippen LogP contribution in [0.15, 0.2) is 60.7 Å². The van der Waals surface area contributed by atoms with Gasteiger partial charge in [-0.05, 0) is 96.2 Å². The summed E-state index contributed by atoms with van der Waals surface area (Å²) in [7, 11) is 0. The smallest absolute Gasteiger partial charge is 0.274 e.